The van der Waals surface area contributed by atoms with Gasteiger partial charge < -0.3 is 15.5 Å². The van der Waals surface area contributed by atoms with Crippen LogP contribution in [0.4, 0.5) is 13.2 Å². The first-order valence-electron chi connectivity index (χ1n) is 9.90. The Kier molecular flexibility index (Phi) is 7.92. The largest absolute Gasteiger partial charge is 0.506 e. The molecule has 0 radical (unpaired) electrons. The van der Waals surface area contributed by atoms with Crippen molar-refractivity contribution < 1.29 is 37.8 Å². The number of carboxylic acid groups (broad SMARTS) is 1. The van der Waals surface area contributed by atoms with Crippen molar-refractivity contribution in [1.29, 1.82) is 0 Å². The number of carbonyl (C=O) groups is 3. The van der Waals surface area contributed by atoms with Gasteiger partial charge in [-0.3, -0.25) is 14.4 Å². The van der Waals surface area contributed by atoms with Crippen LogP contribution in [0.2, 0.25) is 0 Å². The fourth-order valence-corrected chi connectivity index (χ4v) is 4.65. The quantitative estimate of drug-likeness (QED) is 0.253. The molecule has 0 bridgehead atoms. The topological polar surface area (TPSA) is 128 Å². The summed E-state index contributed by atoms with van der Waals surface area (Å²) in [5.41, 5.74) is 2.49. The molecule has 3 aromatic rings. The second-order valence-corrected chi connectivity index (χ2v) is 9.07. The molecule has 0 saturated carbocycles. The highest BCUT2D eigenvalue weighted by molar-refractivity contribution is 7.16. The Morgan fingerprint density at radius 2 is 1.66 bits per heavy atom. The minimum absolute atomic E-state index is 0.0460. The van der Waals surface area contributed by atoms with E-state index in [1.807, 2.05) is 0 Å². The van der Waals surface area contributed by atoms with E-state index in [1.54, 1.807) is 5.38 Å². The van der Waals surface area contributed by atoms with Crippen molar-refractivity contribution in [3.63, 3.8) is 0 Å². The van der Waals surface area contributed by atoms with Crippen LogP contribution in [0, 0.1) is 0 Å². The van der Waals surface area contributed by atoms with Crippen LogP contribution >= 0.6 is 22.7 Å². The molecule has 0 aliphatic heterocycles. The third kappa shape index (κ3) is 6.45. The highest BCUT2D eigenvalue weighted by Crippen LogP contribution is 2.40. The normalized spacial score (nSPS) is 11.8. The highest BCUT2D eigenvalue weighted by Gasteiger charge is 2.30. The maximum atomic E-state index is 12.8. The Morgan fingerprint density at radius 1 is 1.03 bits per heavy atom. The Balaban J connectivity index is 1.66. The number of halogens is 3. The minimum atomic E-state index is -4.46. The van der Waals surface area contributed by atoms with Crippen LogP contribution < -0.4 is 10.7 Å². The van der Waals surface area contributed by atoms with Gasteiger partial charge in [-0.1, -0.05) is 12.1 Å². The van der Waals surface area contributed by atoms with E-state index < -0.39 is 29.5 Å². The highest BCUT2D eigenvalue weighted by atomic mass is 32.1. The Labute approximate surface area is 204 Å². The monoisotopic (exact) mass is 525 g/mol. The van der Waals surface area contributed by atoms with Crippen molar-refractivity contribution in [2.24, 2.45) is 5.10 Å². The number of aromatic hydroxyl groups is 1. The predicted molar refractivity (Wildman–Crippen MR) is 125 cm³/mol. The van der Waals surface area contributed by atoms with Gasteiger partial charge in [0.25, 0.3) is 11.8 Å². The van der Waals surface area contributed by atoms with Gasteiger partial charge in [0.05, 0.1) is 37.9 Å². The molecule has 35 heavy (non-hydrogen) atoms. The van der Waals surface area contributed by atoms with E-state index in [-0.39, 0.29) is 34.2 Å². The average molecular weight is 526 g/mol. The fourth-order valence-electron chi connectivity index (χ4n) is 2.83. The van der Waals surface area contributed by atoms with E-state index in [0.29, 0.717) is 16.0 Å². The maximum absolute atomic E-state index is 12.8. The van der Waals surface area contributed by atoms with Gasteiger partial charge in [0.2, 0.25) is 0 Å². The van der Waals surface area contributed by atoms with Crippen LogP contribution in [-0.4, -0.2) is 40.3 Å². The summed E-state index contributed by atoms with van der Waals surface area (Å²) in [5, 5.41) is 27.1. The van der Waals surface area contributed by atoms with Crippen LogP contribution in [0.25, 0.3) is 10.4 Å². The standard InChI is InChI=1S/C22H18F3N3O5S2/c1-11(14-10-34-19(18(14)31)12-2-4-13(5-3-12)22(23,24)25)27-28-21(33)16-7-6-15(35-16)20(32)26-9-8-17(29)30/h2-7,10,31H,8-9H2,1H3,(H,26,32)(H,28,33)(H,29,30)/b27-11+. The van der Waals surface area contributed by atoms with E-state index in [4.69, 9.17) is 5.11 Å². The molecule has 2 aromatic heterocycles. The van der Waals surface area contributed by atoms with Crippen molar-refractivity contribution >= 4 is 46.2 Å². The molecule has 0 atom stereocenters. The van der Waals surface area contributed by atoms with Gasteiger partial charge >= 0.3 is 12.1 Å². The molecule has 184 valence electrons. The molecule has 3 rings (SSSR count). The van der Waals surface area contributed by atoms with Crippen molar-refractivity contribution in [3.8, 4) is 16.2 Å². The Morgan fingerprint density at radius 3 is 2.26 bits per heavy atom. The molecular weight excluding hydrogens is 507 g/mol. The lowest BCUT2D eigenvalue weighted by Crippen LogP contribution is -2.25. The number of amides is 2. The number of nitrogens with zero attached hydrogens (tertiary/aromatic N) is 1. The smallest absolute Gasteiger partial charge is 0.416 e. The Hall–Kier alpha value is -3.71. The zero-order valence-corrected chi connectivity index (χ0v) is 19.6. The van der Waals surface area contributed by atoms with Crippen molar-refractivity contribution in [3.05, 3.63) is 62.7 Å². The summed E-state index contributed by atoms with van der Waals surface area (Å²) in [4.78, 5) is 35.6. The molecule has 0 aliphatic carbocycles. The van der Waals surface area contributed by atoms with E-state index >= 15 is 0 Å². The molecule has 8 nitrogen and oxygen atoms in total. The number of carboxylic acids is 1. The van der Waals surface area contributed by atoms with Gasteiger partial charge in [0.1, 0.15) is 5.75 Å². The number of thiophene rings is 2. The third-order valence-corrected chi connectivity index (χ3v) is 6.73. The number of carbonyl (C=O) groups excluding carboxylic acids is 2. The predicted octanol–water partition coefficient (Wildman–Crippen LogP) is 4.56. The number of aliphatic carboxylic acids is 1. The molecule has 0 spiro atoms. The molecule has 2 amide bonds. The molecule has 4 N–H and O–H groups in total. The molecule has 13 heteroatoms. The molecule has 0 unspecified atom stereocenters. The van der Waals surface area contributed by atoms with Gasteiger partial charge in [-0.25, -0.2) is 5.43 Å². The number of hydrogen-bond donors (Lipinski definition) is 4. The zero-order valence-electron chi connectivity index (χ0n) is 18.0. The van der Waals surface area contributed by atoms with Gasteiger partial charge in [0, 0.05) is 11.9 Å². The second kappa shape index (κ2) is 10.7. The number of benzene rings is 1. The fraction of sp³-hybridized carbons (Fsp3) is 0.182. The van der Waals surface area contributed by atoms with E-state index in [1.165, 1.54) is 31.2 Å². The molecule has 0 aliphatic rings. The van der Waals surface area contributed by atoms with Gasteiger partial charge in [0.15, 0.2) is 0 Å². The van der Waals surface area contributed by atoms with E-state index in [0.717, 1.165) is 34.8 Å². The SMILES string of the molecule is C/C(=N\NC(=O)c1ccc(C(=O)NCCC(=O)O)s1)c1csc(-c2ccc(C(F)(F)F)cc2)c1O. The molecular formula is C22H18F3N3O5S2. The minimum Gasteiger partial charge on any atom is -0.506 e. The number of hydrogen-bond acceptors (Lipinski definition) is 7. The van der Waals surface area contributed by atoms with E-state index in [9.17, 15) is 32.7 Å². The van der Waals surface area contributed by atoms with Crippen LogP contribution in [0.1, 0.15) is 43.8 Å². The number of hydrazone groups is 1. The number of rotatable bonds is 8. The summed E-state index contributed by atoms with van der Waals surface area (Å²) in [6.07, 6.45) is -4.69. The van der Waals surface area contributed by atoms with Crippen LogP contribution in [0.3, 0.4) is 0 Å². The number of alkyl halides is 3. The lowest BCUT2D eigenvalue weighted by atomic mass is 10.1. The molecule has 1 aromatic carbocycles. The van der Waals surface area contributed by atoms with Gasteiger partial charge in [-0.05, 0) is 36.8 Å². The maximum Gasteiger partial charge on any atom is 0.416 e. The summed E-state index contributed by atoms with van der Waals surface area (Å²) in [6, 6.07) is 7.22. The average Bonchev–Trinajstić information content (AvgIpc) is 3.44. The summed E-state index contributed by atoms with van der Waals surface area (Å²) in [7, 11) is 0. The summed E-state index contributed by atoms with van der Waals surface area (Å²) in [6.45, 7) is 1.49. The number of nitrogens with one attached hydrogen (secondary N) is 2. The third-order valence-electron chi connectivity index (χ3n) is 4.63. The van der Waals surface area contributed by atoms with Crippen molar-refractivity contribution in [2.75, 3.05) is 6.54 Å². The second-order valence-electron chi connectivity index (χ2n) is 7.10. The molecule has 0 saturated heterocycles. The molecule has 2 heterocycles. The van der Waals surface area contributed by atoms with Crippen molar-refractivity contribution in [2.45, 2.75) is 19.5 Å². The van der Waals surface area contributed by atoms with Crippen molar-refractivity contribution in [1.82, 2.24) is 10.7 Å². The van der Waals surface area contributed by atoms with Gasteiger partial charge in [-0.15, -0.1) is 22.7 Å². The van der Waals surface area contributed by atoms with Crippen LogP contribution in [0.5, 0.6) is 5.75 Å². The van der Waals surface area contributed by atoms with Gasteiger partial charge in [-0.2, -0.15) is 18.3 Å². The summed E-state index contributed by atoms with van der Waals surface area (Å²) in [5.74, 6) is -2.33. The van der Waals surface area contributed by atoms with Crippen LogP contribution in [0.15, 0.2) is 46.9 Å². The Bertz CT molecular complexity index is 1280. The summed E-state index contributed by atoms with van der Waals surface area (Å²) < 4.78 is 38.3. The lowest BCUT2D eigenvalue weighted by Gasteiger charge is -2.07. The van der Waals surface area contributed by atoms with Crippen LogP contribution in [-0.2, 0) is 11.0 Å². The lowest BCUT2D eigenvalue weighted by molar-refractivity contribution is -0.138. The first-order valence-corrected chi connectivity index (χ1v) is 11.6. The van der Waals surface area contributed by atoms with E-state index in [2.05, 4.69) is 15.8 Å². The molecule has 0 fully saturated rings. The first kappa shape index (κ1) is 25.9. The summed E-state index contributed by atoms with van der Waals surface area (Å²) >= 11 is 2.01. The zero-order chi connectivity index (χ0) is 25.8. The first-order chi connectivity index (χ1) is 16.5.